The molecule has 0 aromatic heterocycles. The summed E-state index contributed by atoms with van der Waals surface area (Å²) in [5.74, 6) is -1.25. The number of carbonyl (C=O) groups is 1. The van der Waals surface area contributed by atoms with Gasteiger partial charge in [0.2, 0.25) is 5.91 Å². The zero-order valence-corrected chi connectivity index (χ0v) is 17.0. The zero-order chi connectivity index (χ0) is 19.3. The number of amides is 1. The Morgan fingerprint density at radius 3 is 2.35 bits per heavy atom. The van der Waals surface area contributed by atoms with Crippen molar-refractivity contribution >= 4 is 35.8 Å². The number of hydrogen-bond donors (Lipinski definition) is 3. The first-order valence-electron chi connectivity index (χ1n) is 7.65. The number of nitrogens with one attached hydrogen (secondary N) is 2. The number of guanidine groups is 1. The van der Waals surface area contributed by atoms with Gasteiger partial charge in [-0.05, 0) is 38.5 Å². The lowest BCUT2D eigenvalue weighted by Gasteiger charge is -2.22. The van der Waals surface area contributed by atoms with Crippen molar-refractivity contribution in [2.45, 2.75) is 33.5 Å². The van der Waals surface area contributed by atoms with Crippen LogP contribution in [0.2, 0.25) is 0 Å². The van der Waals surface area contributed by atoms with E-state index in [-0.39, 0.29) is 48.6 Å². The summed E-state index contributed by atoms with van der Waals surface area (Å²) in [6.07, 6.45) is -4.67. The highest BCUT2D eigenvalue weighted by atomic mass is 127. The first-order valence-corrected chi connectivity index (χ1v) is 7.65. The van der Waals surface area contributed by atoms with Crippen molar-refractivity contribution in [3.63, 3.8) is 0 Å². The number of alkyl halides is 3. The topological polar surface area (TPSA) is 79.5 Å². The lowest BCUT2D eigenvalue weighted by molar-refractivity contribution is -0.138. The first kappa shape index (κ1) is 24.4. The lowest BCUT2D eigenvalue weighted by Crippen LogP contribution is -2.46. The van der Waals surface area contributed by atoms with Crippen LogP contribution in [0, 0.1) is 11.2 Å². The average molecular weight is 490 g/mol. The van der Waals surface area contributed by atoms with Crippen molar-refractivity contribution in [1.29, 1.82) is 0 Å². The van der Waals surface area contributed by atoms with Crippen LogP contribution in [0.1, 0.15) is 31.9 Å². The predicted molar refractivity (Wildman–Crippen MR) is 103 cm³/mol. The fraction of sp³-hybridized carbons (Fsp3) is 0.500. The molecule has 0 aliphatic carbocycles. The highest BCUT2D eigenvalue weighted by Gasteiger charge is 2.33. The quantitative estimate of drug-likeness (QED) is 0.248. The third-order valence-electron chi connectivity index (χ3n) is 3.49. The summed E-state index contributed by atoms with van der Waals surface area (Å²) < 4.78 is 52.1. The number of carbonyl (C=O) groups excluding carboxylic acids is 1. The largest absolute Gasteiger partial charge is 0.416 e. The van der Waals surface area contributed by atoms with Gasteiger partial charge >= 0.3 is 6.18 Å². The van der Waals surface area contributed by atoms with E-state index in [4.69, 9.17) is 5.73 Å². The molecule has 10 heteroatoms. The molecule has 1 amide bonds. The van der Waals surface area contributed by atoms with E-state index in [1.807, 2.05) is 0 Å². The van der Waals surface area contributed by atoms with Crippen LogP contribution in [-0.4, -0.2) is 25.0 Å². The summed E-state index contributed by atoms with van der Waals surface area (Å²) in [7, 11) is 0. The third kappa shape index (κ3) is 7.34. The van der Waals surface area contributed by atoms with Gasteiger partial charge in [0.25, 0.3) is 0 Å². The highest BCUT2D eigenvalue weighted by molar-refractivity contribution is 14.0. The van der Waals surface area contributed by atoms with Crippen molar-refractivity contribution in [3.05, 3.63) is 35.1 Å². The average Bonchev–Trinajstić information content (AvgIpc) is 2.50. The predicted octanol–water partition coefficient (Wildman–Crippen LogP) is 3.03. The number of nitrogens with two attached hydrogens (primary N) is 1. The molecule has 1 aromatic rings. The minimum atomic E-state index is -4.67. The highest BCUT2D eigenvalue weighted by Crippen LogP contribution is 2.32. The minimum absolute atomic E-state index is 0. The maximum Gasteiger partial charge on any atom is 0.416 e. The van der Waals surface area contributed by atoms with Gasteiger partial charge in [-0.1, -0.05) is 6.07 Å². The number of benzene rings is 1. The Bertz CT molecular complexity index is 648. The van der Waals surface area contributed by atoms with Gasteiger partial charge in [-0.15, -0.1) is 24.0 Å². The van der Waals surface area contributed by atoms with Crippen molar-refractivity contribution in [2.75, 3.05) is 13.1 Å². The molecule has 5 nitrogen and oxygen atoms in total. The fourth-order valence-corrected chi connectivity index (χ4v) is 1.85. The number of nitrogens with zero attached hydrogens (tertiary/aromatic N) is 1. The molecule has 0 heterocycles. The molecule has 0 aliphatic heterocycles. The van der Waals surface area contributed by atoms with E-state index in [0.29, 0.717) is 12.6 Å². The normalized spacial score (nSPS) is 12.3. The maximum atomic E-state index is 13.1. The Balaban J connectivity index is 0.00000625. The number of primary amides is 1. The van der Waals surface area contributed by atoms with Crippen LogP contribution >= 0.6 is 24.0 Å². The van der Waals surface area contributed by atoms with Crippen molar-refractivity contribution in [2.24, 2.45) is 16.1 Å². The molecule has 0 aliphatic rings. The lowest BCUT2D eigenvalue weighted by atomic mass is 9.93. The van der Waals surface area contributed by atoms with Crippen LogP contribution in [0.15, 0.2) is 23.2 Å². The Hall–Kier alpha value is -1.59. The molecule has 0 bridgehead atoms. The van der Waals surface area contributed by atoms with E-state index in [0.717, 1.165) is 12.1 Å². The SMILES string of the molecule is CCNC(=NCc1ccc(F)cc1C(F)(F)F)NCC(C)(C)C(N)=O.I. The van der Waals surface area contributed by atoms with Crippen molar-refractivity contribution < 1.29 is 22.4 Å². The fourth-order valence-electron chi connectivity index (χ4n) is 1.85. The molecule has 0 spiro atoms. The van der Waals surface area contributed by atoms with Crippen LogP contribution in [0.4, 0.5) is 17.6 Å². The summed E-state index contributed by atoms with van der Waals surface area (Å²) in [6, 6.07) is 2.45. The van der Waals surface area contributed by atoms with Gasteiger partial charge < -0.3 is 16.4 Å². The molecular weight excluding hydrogens is 467 g/mol. The van der Waals surface area contributed by atoms with Crippen LogP contribution in [0.5, 0.6) is 0 Å². The Labute approximate surface area is 166 Å². The van der Waals surface area contributed by atoms with Crippen molar-refractivity contribution in [1.82, 2.24) is 10.6 Å². The number of rotatable bonds is 6. The van der Waals surface area contributed by atoms with E-state index in [2.05, 4.69) is 15.6 Å². The molecule has 148 valence electrons. The second-order valence-corrected chi connectivity index (χ2v) is 6.10. The summed E-state index contributed by atoms with van der Waals surface area (Å²) >= 11 is 0. The second-order valence-electron chi connectivity index (χ2n) is 6.10. The van der Waals surface area contributed by atoms with Crippen molar-refractivity contribution in [3.8, 4) is 0 Å². The molecule has 0 fully saturated rings. The molecule has 0 saturated heterocycles. The van der Waals surface area contributed by atoms with Gasteiger partial charge in [0.05, 0.1) is 17.5 Å². The Morgan fingerprint density at radius 1 is 1.23 bits per heavy atom. The molecule has 1 rings (SSSR count). The van der Waals surface area contributed by atoms with E-state index in [9.17, 15) is 22.4 Å². The van der Waals surface area contributed by atoms with Gasteiger partial charge in [-0.25, -0.2) is 9.38 Å². The Kier molecular flexibility index (Phi) is 9.32. The van der Waals surface area contributed by atoms with Gasteiger partial charge in [0.1, 0.15) is 5.82 Å². The third-order valence-corrected chi connectivity index (χ3v) is 3.49. The minimum Gasteiger partial charge on any atom is -0.369 e. The van der Waals surface area contributed by atoms with E-state index in [1.54, 1.807) is 20.8 Å². The molecule has 4 N–H and O–H groups in total. The summed E-state index contributed by atoms with van der Waals surface area (Å²) in [4.78, 5) is 15.4. The summed E-state index contributed by atoms with van der Waals surface area (Å²) in [5.41, 5.74) is 3.20. The maximum absolute atomic E-state index is 13.1. The van der Waals surface area contributed by atoms with Gasteiger partial charge in [0.15, 0.2) is 5.96 Å². The molecule has 0 atom stereocenters. The molecule has 1 aromatic carbocycles. The second kappa shape index (κ2) is 9.93. The first-order chi connectivity index (χ1) is 11.5. The summed E-state index contributed by atoms with van der Waals surface area (Å²) in [6.45, 7) is 5.38. The number of aliphatic imine (C=N–C) groups is 1. The van der Waals surface area contributed by atoms with Crippen LogP contribution < -0.4 is 16.4 Å². The number of halogens is 5. The van der Waals surface area contributed by atoms with E-state index < -0.39 is 28.9 Å². The van der Waals surface area contributed by atoms with E-state index in [1.165, 1.54) is 0 Å². The molecule has 0 unspecified atom stereocenters. The monoisotopic (exact) mass is 490 g/mol. The molecule has 0 saturated carbocycles. The zero-order valence-electron chi connectivity index (χ0n) is 14.7. The summed E-state index contributed by atoms with van der Waals surface area (Å²) in [5, 5.41) is 5.73. The molecule has 0 radical (unpaired) electrons. The standard InChI is InChI=1S/C16H22F4N4O.HI/c1-4-22-14(24-9-15(2,3)13(21)25)23-8-10-5-6-11(17)7-12(10)16(18,19)20;/h5-7H,4,8-9H2,1-3H3,(H2,21,25)(H2,22,23,24);1H. The molecular formula is C16H23F4IN4O. The van der Waals surface area contributed by atoms with Gasteiger partial charge in [-0.2, -0.15) is 13.2 Å². The number of hydrogen-bond acceptors (Lipinski definition) is 2. The smallest absolute Gasteiger partial charge is 0.369 e. The van der Waals surface area contributed by atoms with Crippen LogP contribution in [-0.2, 0) is 17.5 Å². The van der Waals surface area contributed by atoms with E-state index >= 15 is 0 Å². The Morgan fingerprint density at radius 2 is 1.85 bits per heavy atom. The van der Waals surface area contributed by atoms with Gasteiger partial charge in [-0.3, -0.25) is 4.79 Å². The van der Waals surface area contributed by atoms with Crippen LogP contribution in [0.25, 0.3) is 0 Å². The van der Waals surface area contributed by atoms with Crippen LogP contribution in [0.3, 0.4) is 0 Å². The van der Waals surface area contributed by atoms with Gasteiger partial charge in [0, 0.05) is 13.1 Å². The molecule has 26 heavy (non-hydrogen) atoms.